The summed E-state index contributed by atoms with van der Waals surface area (Å²) in [5.41, 5.74) is -4.37. The average Bonchev–Trinajstić information content (AvgIpc) is 2.92. The van der Waals surface area contributed by atoms with Gasteiger partial charge < -0.3 is 9.42 Å². The van der Waals surface area contributed by atoms with Gasteiger partial charge in [0.05, 0.1) is 12.3 Å². The molecule has 6 nitrogen and oxygen atoms in total. The SMILES string of the molecule is CCc1nc(CN2CCN(C(=O)CSC(F)(F)F)CC2)no1. The molecule has 2 heterocycles. The number of nitrogens with zero attached hydrogens (tertiary/aromatic N) is 4. The monoisotopic (exact) mass is 338 g/mol. The predicted molar refractivity (Wildman–Crippen MR) is 74.0 cm³/mol. The minimum atomic E-state index is -4.37. The molecular weight excluding hydrogens is 321 g/mol. The number of amides is 1. The van der Waals surface area contributed by atoms with Crippen LogP contribution < -0.4 is 0 Å². The fourth-order valence-corrected chi connectivity index (χ4v) is 2.56. The van der Waals surface area contributed by atoms with E-state index in [9.17, 15) is 18.0 Å². The van der Waals surface area contributed by atoms with Gasteiger partial charge in [0.25, 0.3) is 0 Å². The Balaban J connectivity index is 1.74. The summed E-state index contributed by atoms with van der Waals surface area (Å²) in [6.07, 6.45) is 0.673. The van der Waals surface area contributed by atoms with Crippen molar-refractivity contribution in [2.75, 3.05) is 31.9 Å². The molecule has 1 aliphatic heterocycles. The Labute approximate surface area is 130 Å². The van der Waals surface area contributed by atoms with Crippen LogP contribution in [0.25, 0.3) is 0 Å². The lowest BCUT2D eigenvalue weighted by atomic mass is 10.3. The second-order valence-electron chi connectivity index (χ2n) is 4.85. The molecule has 0 spiro atoms. The van der Waals surface area contributed by atoms with Crippen LogP contribution in [-0.2, 0) is 17.8 Å². The normalized spacial score (nSPS) is 17.0. The van der Waals surface area contributed by atoms with E-state index in [0.717, 1.165) is 0 Å². The molecule has 1 aromatic rings. The molecule has 0 atom stereocenters. The average molecular weight is 338 g/mol. The number of thioether (sulfide) groups is 1. The highest BCUT2D eigenvalue weighted by molar-refractivity contribution is 8.00. The third kappa shape index (κ3) is 5.16. The fraction of sp³-hybridized carbons (Fsp3) is 0.750. The van der Waals surface area contributed by atoms with Crippen LogP contribution in [0.3, 0.4) is 0 Å². The Hall–Kier alpha value is -1.29. The third-order valence-electron chi connectivity index (χ3n) is 3.26. The third-order valence-corrected chi connectivity index (χ3v) is 3.98. The minimum absolute atomic E-state index is 0.293. The molecule has 0 unspecified atom stereocenters. The quantitative estimate of drug-likeness (QED) is 0.811. The maximum atomic E-state index is 12.1. The van der Waals surface area contributed by atoms with Gasteiger partial charge >= 0.3 is 5.51 Å². The summed E-state index contributed by atoms with van der Waals surface area (Å²) in [6, 6.07) is 0. The molecule has 1 aromatic heterocycles. The van der Waals surface area contributed by atoms with Gasteiger partial charge in [-0.2, -0.15) is 18.2 Å². The van der Waals surface area contributed by atoms with E-state index in [4.69, 9.17) is 4.52 Å². The summed E-state index contributed by atoms with van der Waals surface area (Å²) in [5.74, 6) is 0.126. The topological polar surface area (TPSA) is 62.5 Å². The van der Waals surface area contributed by atoms with E-state index in [1.807, 2.05) is 11.8 Å². The number of rotatable bonds is 5. The first kappa shape index (κ1) is 17.1. The number of aromatic nitrogens is 2. The van der Waals surface area contributed by atoms with Gasteiger partial charge in [-0.3, -0.25) is 9.69 Å². The van der Waals surface area contributed by atoms with Gasteiger partial charge in [-0.05, 0) is 11.8 Å². The molecule has 0 N–H and O–H groups in total. The van der Waals surface area contributed by atoms with Crippen molar-refractivity contribution in [2.24, 2.45) is 0 Å². The van der Waals surface area contributed by atoms with Crippen LogP contribution in [0.1, 0.15) is 18.6 Å². The highest BCUT2D eigenvalue weighted by Gasteiger charge is 2.31. The summed E-state index contributed by atoms with van der Waals surface area (Å²) in [7, 11) is 0. The lowest BCUT2D eigenvalue weighted by Crippen LogP contribution is -2.49. The molecule has 22 heavy (non-hydrogen) atoms. The zero-order valence-electron chi connectivity index (χ0n) is 12.1. The Kier molecular flexibility index (Phi) is 5.68. The zero-order valence-corrected chi connectivity index (χ0v) is 12.9. The maximum absolute atomic E-state index is 12.1. The van der Waals surface area contributed by atoms with Crippen molar-refractivity contribution in [1.29, 1.82) is 0 Å². The summed E-state index contributed by atoms with van der Waals surface area (Å²) < 4.78 is 41.3. The number of carbonyl (C=O) groups is 1. The van der Waals surface area contributed by atoms with Gasteiger partial charge in [0.2, 0.25) is 11.8 Å². The predicted octanol–water partition coefficient (Wildman–Crippen LogP) is 1.53. The Morgan fingerprint density at radius 3 is 2.55 bits per heavy atom. The highest BCUT2D eigenvalue weighted by atomic mass is 32.2. The molecule has 1 fully saturated rings. The number of alkyl halides is 3. The first-order chi connectivity index (χ1) is 10.4. The lowest BCUT2D eigenvalue weighted by Gasteiger charge is -2.34. The first-order valence-electron chi connectivity index (χ1n) is 6.89. The number of piperazine rings is 1. The van der Waals surface area contributed by atoms with Gasteiger partial charge in [-0.1, -0.05) is 12.1 Å². The van der Waals surface area contributed by atoms with Crippen molar-refractivity contribution in [1.82, 2.24) is 19.9 Å². The van der Waals surface area contributed by atoms with Gasteiger partial charge in [0.15, 0.2) is 5.82 Å². The van der Waals surface area contributed by atoms with Crippen molar-refractivity contribution in [3.05, 3.63) is 11.7 Å². The molecule has 2 rings (SSSR count). The molecule has 0 bridgehead atoms. The highest BCUT2D eigenvalue weighted by Crippen LogP contribution is 2.30. The van der Waals surface area contributed by atoms with E-state index in [2.05, 4.69) is 10.1 Å². The molecule has 0 aromatic carbocycles. The standard InChI is InChI=1S/C12H17F3N4O2S/c1-2-10-16-9(17-21-10)7-18-3-5-19(6-4-18)11(20)8-22-12(13,14)15/h2-8H2,1H3. The number of carbonyl (C=O) groups excluding carboxylic acids is 1. The molecule has 0 radical (unpaired) electrons. The second-order valence-corrected chi connectivity index (χ2v) is 5.89. The number of hydrogen-bond acceptors (Lipinski definition) is 6. The molecule has 1 aliphatic rings. The number of halogens is 3. The van der Waals surface area contributed by atoms with Crippen LogP contribution in [0.5, 0.6) is 0 Å². The van der Waals surface area contributed by atoms with Crippen LogP contribution in [-0.4, -0.2) is 63.3 Å². The van der Waals surface area contributed by atoms with Crippen molar-refractivity contribution in [2.45, 2.75) is 25.4 Å². The van der Waals surface area contributed by atoms with Crippen molar-refractivity contribution in [3.8, 4) is 0 Å². The zero-order chi connectivity index (χ0) is 16.2. The van der Waals surface area contributed by atoms with Crippen molar-refractivity contribution in [3.63, 3.8) is 0 Å². The van der Waals surface area contributed by atoms with Crippen molar-refractivity contribution < 1.29 is 22.5 Å². The van der Waals surface area contributed by atoms with E-state index in [1.165, 1.54) is 4.90 Å². The molecule has 10 heteroatoms. The maximum Gasteiger partial charge on any atom is 0.442 e. The van der Waals surface area contributed by atoms with Crippen LogP contribution in [0.4, 0.5) is 13.2 Å². The van der Waals surface area contributed by atoms with Gasteiger partial charge in [0.1, 0.15) is 0 Å². The molecule has 124 valence electrons. The smallest absolute Gasteiger partial charge is 0.339 e. The minimum Gasteiger partial charge on any atom is -0.339 e. The summed E-state index contributed by atoms with van der Waals surface area (Å²) in [5, 5.41) is 3.86. The van der Waals surface area contributed by atoms with E-state index in [0.29, 0.717) is 50.9 Å². The van der Waals surface area contributed by atoms with Gasteiger partial charge in [0, 0.05) is 32.6 Å². The van der Waals surface area contributed by atoms with E-state index < -0.39 is 17.2 Å². The number of hydrogen-bond donors (Lipinski definition) is 0. The Morgan fingerprint density at radius 2 is 2.00 bits per heavy atom. The van der Waals surface area contributed by atoms with Crippen molar-refractivity contribution >= 4 is 17.7 Å². The van der Waals surface area contributed by atoms with Crippen LogP contribution in [0, 0.1) is 0 Å². The molecule has 0 aliphatic carbocycles. The summed E-state index contributed by atoms with van der Waals surface area (Å²) in [6.45, 7) is 4.42. The lowest BCUT2D eigenvalue weighted by molar-refractivity contribution is -0.130. The molecule has 1 saturated heterocycles. The molecular formula is C12H17F3N4O2S. The molecule has 0 saturated carbocycles. The van der Waals surface area contributed by atoms with Crippen LogP contribution in [0.15, 0.2) is 4.52 Å². The number of aryl methyl sites for hydroxylation is 1. The molecule has 1 amide bonds. The van der Waals surface area contributed by atoms with Crippen LogP contribution in [0.2, 0.25) is 0 Å². The largest absolute Gasteiger partial charge is 0.442 e. The van der Waals surface area contributed by atoms with Gasteiger partial charge in [-0.15, -0.1) is 0 Å². The summed E-state index contributed by atoms with van der Waals surface area (Å²) >= 11 is -0.293. The second kappa shape index (κ2) is 7.32. The van der Waals surface area contributed by atoms with Gasteiger partial charge in [-0.25, -0.2) is 0 Å². The summed E-state index contributed by atoms with van der Waals surface area (Å²) in [4.78, 5) is 19.4. The van der Waals surface area contributed by atoms with E-state index in [1.54, 1.807) is 0 Å². The Morgan fingerprint density at radius 1 is 1.32 bits per heavy atom. The van der Waals surface area contributed by atoms with E-state index in [-0.39, 0.29) is 11.8 Å². The van der Waals surface area contributed by atoms with E-state index >= 15 is 0 Å². The van der Waals surface area contributed by atoms with Crippen LogP contribution >= 0.6 is 11.8 Å². The Bertz CT molecular complexity index is 501. The first-order valence-corrected chi connectivity index (χ1v) is 7.88. The fourth-order valence-electron chi connectivity index (χ4n) is 2.09.